The van der Waals surface area contributed by atoms with Crippen molar-refractivity contribution in [3.63, 3.8) is 0 Å². The third-order valence-electron chi connectivity index (χ3n) is 6.00. The highest BCUT2D eigenvalue weighted by molar-refractivity contribution is 5.95. The molecule has 2 aliphatic heterocycles. The second kappa shape index (κ2) is 8.70. The fourth-order valence-electron chi connectivity index (χ4n) is 4.22. The van der Waals surface area contributed by atoms with Crippen molar-refractivity contribution < 1.29 is 23.4 Å². The number of hydrogen-bond donors (Lipinski definition) is 3. The summed E-state index contributed by atoms with van der Waals surface area (Å²) in [5, 5.41) is 16.9. The van der Waals surface area contributed by atoms with Gasteiger partial charge in [0.25, 0.3) is 0 Å². The average Bonchev–Trinajstić information content (AvgIpc) is 2.75. The zero-order valence-electron chi connectivity index (χ0n) is 17.5. The lowest BCUT2D eigenvalue weighted by atomic mass is 9.90. The SMILES string of the molecule is CCOc1ccc(N2CCC(O)(CNc3ccc(F)c4c3CCC(=O)N4)CC2)c(F)c1. The molecule has 166 valence electrons. The molecule has 8 heteroatoms. The third kappa shape index (κ3) is 4.58. The molecule has 0 spiro atoms. The van der Waals surface area contributed by atoms with Crippen LogP contribution in [0.5, 0.6) is 5.75 Å². The number of carbonyl (C=O) groups excluding carboxylic acids is 1. The maximum absolute atomic E-state index is 14.5. The number of piperidine rings is 1. The molecule has 0 saturated carbocycles. The summed E-state index contributed by atoms with van der Waals surface area (Å²) in [5.41, 5.74) is 1.19. The van der Waals surface area contributed by atoms with Crippen LogP contribution in [0, 0.1) is 11.6 Å². The van der Waals surface area contributed by atoms with Gasteiger partial charge in [-0.2, -0.15) is 0 Å². The van der Waals surface area contributed by atoms with Crippen molar-refractivity contribution in [1.82, 2.24) is 0 Å². The maximum Gasteiger partial charge on any atom is 0.224 e. The van der Waals surface area contributed by atoms with Gasteiger partial charge in [0.1, 0.15) is 17.4 Å². The second-order valence-electron chi connectivity index (χ2n) is 8.11. The van der Waals surface area contributed by atoms with Gasteiger partial charge in [0.2, 0.25) is 5.91 Å². The monoisotopic (exact) mass is 431 g/mol. The number of nitrogens with one attached hydrogen (secondary N) is 2. The topological polar surface area (TPSA) is 73.8 Å². The van der Waals surface area contributed by atoms with Crippen LogP contribution in [0.25, 0.3) is 0 Å². The summed E-state index contributed by atoms with van der Waals surface area (Å²) in [6, 6.07) is 7.80. The van der Waals surface area contributed by atoms with Crippen molar-refractivity contribution in [2.45, 2.75) is 38.2 Å². The summed E-state index contributed by atoms with van der Waals surface area (Å²) in [5.74, 6) is -0.496. The zero-order chi connectivity index (χ0) is 22.0. The normalized spacial score (nSPS) is 17.7. The van der Waals surface area contributed by atoms with Crippen LogP contribution < -0.4 is 20.3 Å². The Morgan fingerprint density at radius 2 is 1.94 bits per heavy atom. The van der Waals surface area contributed by atoms with E-state index >= 15 is 0 Å². The van der Waals surface area contributed by atoms with Crippen molar-refractivity contribution in [2.24, 2.45) is 0 Å². The van der Waals surface area contributed by atoms with Crippen LogP contribution in [0.1, 0.15) is 31.7 Å². The number of benzene rings is 2. The number of aliphatic hydroxyl groups is 1. The molecule has 0 atom stereocenters. The average molecular weight is 431 g/mol. The molecule has 0 aromatic heterocycles. The highest BCUT2D eigenvalue weighted by Gasteiger charge is 2.33. The second-order valence-corrected chi connectivity index (χ2v) is 8.11. The third-order valence-corrected chi connectivity index (χ3v) is 6.00. The summed E-state index contributed by atoms with van der Waals surface area (Å²) >= 11 is 0. The number of halogens is 2. The van der Waals surface area contributed by atoms with Gasteiger partial charge >= 0.3 is 0 Å². The van der Waals surface area contributed by atoms with Gasteiger partial charge < -0.3 is 25.4 Å². The Morgan fingerprint density at radius 1 is 1.16 bits per heavy atom. The first-order chi connectivity index (χ1) is 14.9. The van der Waals surface area contributed by atoms with E-state index in [1.165, 1.54) is 12.1 Å². The Kier molecular flexibility index (Phi) is 6.00. The Bertz CT molecular complexity index is 975. The van der Waals surface area contributed by atoms with Crippen LogP contribution in [0.3, 0.4) is 0 Å². The largest absolute Gasteiger partial charge is 0.494 e. The summed E-state index contributed by atoms with van der Waals surface area (Å²) < 4.78 is 33.9. The van der Waals surface area contributed by atoms with Crippen molar-refractivity contribution >= 4 is 23.0 Å². The molecule has 4 rings (SSSR count). The Hall–Kier alpha value is -2.87. The van der Waals surface area contributed by atoms with E-state index in [9.17, 15) is 18.7 Å². The van der Waals surface area contributed by atoms with Crippen molar-refractivity contribution in [1.29, 1.82) is 0 Å². The quantitative estimate of drug-likeness (QED) is 0.651. The van der Waals surface area contributed by atoms with Gasteiger partial charge in [0, 0.05) is 43.4 Å². The van der Waals surface area contributed by atoms with Crippen LogP contribution in [0.4, 0.5) is 25.8 Å². The lowest BCUT2D eigenvalue weighted by Crippen LogP contribution is -2.48. The minimum atomic E-state index is -0.961. The van der Waals surface area contributed by atoms with E-state index in [2.05, 4.69) is 10.6 Å². The molecule has 2 aliphatic rings. The highest BCUT2D eigenvalue weighted by atomic mass is 19.1. The van der Waals surface area contributed by atoms with E-state index in [0.29, 0.717) is 69.0 Å². The van der Waals surface area contributed by atoms with Crippen LogP contribution in [-0.4, -0.2) is 42.9 Å². The van der Waals surface area contributed by atoms with Gasteiger partial charge in [0.05, 0.1) is 23.6 Å². The molecular weight excluding hydrogens is 404 g/mol. The van der Waals surface area contributed by atoms with Crippen molar-refractivity contribution in [2.75, 3.05) is 41.8 Å². The first-order valence-electron chi connectivity index (χ1n) is 10.6. The van der Waals surface area contributed by atoms with Crippen LogP contribution in [0.2, 0.25) is 0 Å². The number of fused-ring (bicyclic) bond motifs is 1. The number of rotatable bonds is 6. The van der Waals surface area contributed by atoms with E-state index < -0.39 is 11.4 Å². The first-order valence-corrected chi connectivity index (χ1v) is 10.6. The molecule has 1 saturated heterocycles. The standard InChI is InChI=1S/C23H27F2N3O3/c1-2-31-15-3-7-20(18(25)13-15)28-11-9-23(30,10-12-28)14-26-19-6-5-17(24)22-16(19)4-8-21(29)27-22/h3,5-7,13,26,30H,2,4,8-12,14H2,1H3,(H,27,29). The molecule has 31 heavy (non-hydrogen) atoms. The molecule has 2 aromatic carbocycles. The van der Waals surface area contributed by atoms with Crippen LogP contribution in [0.15, 0.2) is 30.3 Å². The summed E-state index contributed by atoms with van der Waals surface area (Å²) in [4.78, 5) is 13.5. The molecule has 2 heterocycles. The Labute approximate surface area is 180 Å². The fourth-order valence-corrected chi connectivity index (χ4v) is 4.22. The van der Waals surface area contributed by atoms with E-state index in [-0.39, 0.29) is 17.4 Å². The van der Waals surface area contributed by atoms with E-state index in [1.807, 2.05) is 11.8 Å². The van der Waals surface area contributed by atoms with Crippen LogP contribution >= 0.6 is 0 Å². The fraction of sp³-hybridized carbons (Fsp3) is 0.435. The number of amides is 1. The van der Waals surface area contributed by atoms with Gasteiger partial charge in [-0.05, 0) is 50.5 Å². The molecule has 0 unspecified atom stereocenters. The van der Waals surface area contributed by atoms with Crippen molar-refractivity contribution in [3.05, 3.63) is 47.5 Å². The molecular formula is C23H27F2N3O3. The lowest BCUT2D eigenvalue weighted by Gasteiger charge is -2.39. The van der Waals surface area contributed by atoms with E-state index in [1.54, 1.807) is 18.2 Å². The van der Waals surface area contributed by atoms with Gasteiger partial charge in [0.15, 0.2) is 0 Å². The molecule has 6 nitrogen and oxygen atoms in total. The molecule has 0 radical (unpaired) electrons. The number of ether oxygens (including phenoxy) is 1. The summed E-state index contributed by atoms with van der Waals surface area (Å²) in [6.07, 6.45) is 1.68. The maximum atomic E-state index is 14.5. The minimum absolute atomic E-state index is 0.198. The lowest BCUT2D eigenvalue weighted by molar-refractivity contribution is -0.116. The molecule has 2 aromatic rings. The minimum Gasteiger partial charge on any atom is -0.494 e. The van der Waals surface area contributed by atoms with E-state index in [4.69, 9.17) is 4.74 Å². The van der Waals surface area contributed by atoms with Gasteiger partial charge in [-0.1, -0.05) is 0 Å². The van der Waals surface area contributed by atoms with Crippen LogP contribution in [-0.2, 0) is 11.2 Å². The summed E-state index contributed by atoms with van der Waals surface area (Å²) in [7, 11) is 0. The molecule has 1 fully saturated rings. The summed E-state index contributed by atoms with van der Waals surface area (Å²) in [6.45, 7) is 3.65. The molecule has 0 bridgehead atoms. The van der Waals surface area contributed by atoms with Gasteiger partial charge in [-0.25, -0.2) is 8.78 Å². The molecule has 0 aliphatic carbocycles. The number of carbonyl (C=O) groups is 1. The predicted molar refractivity (Wildman–Crippen MR) is 116 cm³/mol. The number of anilines is 3. The molecule has 1 amide bonds. The zero-order valence-corrected chi connectivity index (χ0v) is 17.5. The number of hydrogen-bond acceptors (Lipinski definition) is 5. The van der Waals surface area contributed by atoms with Crippen molar-refractivity contribution in [3.8, 4) is 5.75 Å². The smallest absolute Gasteiger partial charge is 0.224 e. The van der Waals surface area contributed by atoms with Gasteiger partial charge in [-0.15, -0.1) is 0 Å². The number of nitrogens with zero attached hydrogens (tertiary/aromatic N) is 1. The molecule has 3 N–H and O–H groups in total. The van der Waals surface area contributed by atoms with Gasteiger partial charge in [-0.3, -0.25) is 4.79 Å². The Balaban J connectivity index is 1.39. The predicted octanol–water partition coefficient (Wildman–Crippen LogP) is 3.69. The highest BCUT2D eigenvalue weighted by Crippen LogP contribution is 2.34. The Morgan fingerprint density at radius 3 is 2.65 bits per heavy atom. The van der Waals surface area contributed by atoms with E-state index in [0.717, 1.165) is 5.56 Å². The first kappa shape index (κ1) is 21.4.